The van der Waals surface area contributed by atoms with Crippen molar-refractivity contribution in [1.29, 1.82) is 0 Å². The number of piperidine rings is 1. The summed E-state index contributed by atoms with van der Waals surface area (Å²) in [5, 5.41) is 8.67. The van der Waals surface area contributed by atoms with Gasteiger partial charge in [0.15, 0.2) is 5.96 Å². The van der Waals surface area contributed by atoms with Crippen LogP contribution in [0.1, 0.15) is 36.1 Å². The van der Waals surface area contributed by atoms with Crippen LogP contribution in [0, 0.1) is 0 Å². The summed E-state index contributed by atoms with van der Waals surface area (Å²) in [5.74, 6) is 1.41. The van der Waals surface area contributed by atoms with Gasteiger partial charge in [0.05, 0.1) is 17.1 Å². The number of rotatable bonds is 7. The highest BCUT2D eigenvalue weighted by atomic mass is 127. The molecule has 0 radical (unpaired) electrons. The first kappa shape index (κ1) is 23.7. The van der Waals surface area contributed by atoms with Gasteiger partial charge in [0.1, 0.15) is 6.26 Å². The average Bonchev–Trinajstić information content (AvgIpc) is 3.48. The van der Waals surface area contributed by atoms with Crippen molar-refractivity contribution < 1.29 is 4.42 Å². The van der Waals surface area contributed by atoms with Gasteiger partial charge < -0.3 is 15.1 Å². The highest BCUT2D eigenvalue weighted by molar-refractivity contribution is 14.0. The number of hydrogen-bond acceptors (Lipinski definition) is 5. The Morgan fingerprint density at radius 3 is 2.52 bits per heavy atom. The second kappa shape index (κ2) is 12.2. The molecule has 0 aliphatic carbocycles. The number of aliphatic imine (C=N–C) groups is 1. The van der Waals surface area contributed by atoms with Crippen LogP contribution in [-0.4, -0.2) is 36.0 Å². The standard InChI is InChI=1S/C23H29N5OS.HI/c1-24-23(26-15-20-17-29-22(27-20)21-6-5-13-30-21)25-14-18-7-9-19(10-8-18)16-28-11-3-2-4-12-28;/h5-10,13,17H,2-4,11-12,14-16H2,1H3,(H2,24,25,26);1H. The molecule has 1 aromatic carbocycles. The third-order valence-electron chi connectivity index (χ3n) is 5.28. The highest BCUT2D eigenvalue weighted by Gasteiger charge is 2.10. The number of guanidine groups is 1. The summed E-state index contributed by atoms with van der Waals surface area (Å²) in [6.07, 6.45) is 5.73. The molecule has 1 saturated heterocycles. The summed E-state index contributed by atoms with van der Waals surface area (Å²) < 4.78 is 5.57. The van der Waals surface area contributed by atoms with E-state index in [-0.39, 0.29) is 24.0 Å². The van der Waals surface area contributed by atoms with Crippen LogP contribution in [0.4, 0.5) is 0 Å². The quantitative estimate of drug-likeness (QED) is 0.249. The van der Waals surface area contributed by atoms with Crippen molar-refractivity contribution in [1.82, 2.24) is 20.5 Å². The van der Waals surface area contributed by atoms with Crippen molar-refractivity contribution in [2.75, 3.05) is 20.1 Å². The minimum Gasteiger partial charge on any atom is -0.443 e. The lowest BCUT2D eigenvalue weighted by Crippen LogP contribution is -2.36. The van der Waals surface area contributed by atoms with Gasteiger partial charge in [0.25, 0.3) is 0 Å². The van der Waals surface area contributed by atoms with Crippen molar-refractivity contribution in [3.8, 4) is 10.8 Å². The van der Waals surface area contributed by atoms with Gasteiger partial charge in [-0.25, -0.2) is 4.98 Å². The highest BCUT2D eigenvalue weighted by Crippen LogP contribution is 2.23. The Hall–Kier alpha value is -1.91. The van der Waals surface area contributed by atoms with E-state index < -0.39 is 0 Å². The molecule has 0 saturated carbocycles. The number of aromatic nitrogens is 1. The number of thiophene rings is 1. The van der Waals surface area contributed by atoms with E-state index in [0.29, 0.717) is 12.4 Å². The van der Waals surface area contributed by atoms with Crippen LogP contribution in [0.15, 0.2) is 57.5 Å². The molecule has 3 heterocycles. The zero-order valence-corrected chi connectivity index (χ0v) is 21.0. The number of likely N-dealkylation sites (tertiary alicyclic amines) is 1. The van der Waals surface area contributed by atoms with E-state index in [4.69, 9.17) is 4.42 Å². The van der Waals surface area contributed by atoms with Gasteiger partial charge in [0, 0.05) is 20.1 Å². The van der Waals surface area contributed by atoms with E-state index in [9.17, 15) is 0 Å². The van der Waals surface area contributed by atoms with Crippen LogP contribution in [0.3, 0.4) is 0 Å². The molecule has 1 aliphatic rings. The Morgan fingerprint density at radius 1 is 1.06 bits per heavy atom. The summed E-state index contributed by atoms with van der Waals surface area (Å²) in [5.41, 5.74) is 3.47. The molecule has 2 aromatic heterocycles. The molecule has 0 amide bonds. The van der Waals surface area contributed by atoms with Gasteiger partial charge in [0.2, 0.25) is 5.89 Å². The number of oxazole rings is 1. The Bertz CT molecular complexity index is 933. The minimum atomic E-state index is 0. The third-order valence-corrected chi connectivity index (χ3v) is 6.14. The summed E-state index contributed by atoms with van der Waals surface area (Å²) in [6.45, 7) is 4.80. The van der Waals surface area contributed by atoms with Gasteiger partial charge in [-0.1, -0.05) is 36.8 Å². The van der Waals surface area contributed by atoms with Crippen LogP contribution >= 0.6 is 35.3 Å². The molecule has 6 nitrogen and oxygen atoms in total. The topological polar surface area (TPSA) is 65.7 Å². The smallest absolute Gasteiger partial charge is 0.236 e. The SMILES string of the molecule is CN=C(NCc1ccc(CN2CCCCC2)cc1)NCc1coc(-c2cccs2)n1.I. The second-order valence-corrected chi connectivity index (χ2v) is 8.50. The molecule has 31 heavy (non-hydrogen) atoms. The zero-order valence-electron chi connectivity index (χ0n) is 17.8. The van der Waals surface area contributed by atoms with Crippen LogP contribution in [-0.2, 0) is 19.6 Å². The van der Waals surface area contributed by atoms with Crippen molar-refractivity contribution in [2.24, 2.45) is 4.99 Å². The molecular formula is C23H30IN5OS. The molecular weight excluding hydrogens is 521 g/mol. The maximum atomic E-state index is 5.57. The predicted molar refractivity (Wildman–Crippen MR) is 138 cm³/mol. The molecule has 0 atom stereocenters. The van der Waals surface area contributed by atoms with Crippen LogP contribution < -0.4 is 10.6 Å². The van der Waals surface area contributed by atoms with Crippen LogP contribution in [0.2, 0.25) is 0 Å². The summed E-state index contributed by atoms with van der Waals surface area (Å²) in [7, 11) is 1.77. The summed E-state index contributed by atoms with van der Waals surface area (Å²) in [6, 6.07) is 12.9. The van der Waals surface area contributed by atoms with E-state index in [1.54, 1.807) is 24.6 Å². The molecule has 4 rings (SSSR count). The predicted octanol–water partition coefficient (Wildman–Crippen LogP) is 4.87. The Labute approximate surface area is 205 Å². The first-order chi connectivity index (χ1) is 14.8. The van der Waals surface area contributed by atoms with Gasteiger partial charge in [-0.2, -0.15) is 0 Å². The van der Waals surface area contributed by atoms with Crippen molar-refractivity contribution in [3.63, 3.8) is 0 Å². The van der Waals surface area contributed by atoms with E-state index in [0.717, 1.165) is 29.6 Å². The van der Waals surface area contributed by atoms with Crippen LogP contribution in [0.5, 0.6) is 0 Å². The maximum absolute atomic E-state index is 5.57. The first-order valence-corrected chi connectivity index (χ1v) is 11.4. The van der Waals surface area contributed by atoms with Gasteiger partial charge in [-0.3, -0.25) is 9.89 Å². The van der Waals surface area contributed by atoms with Gasteiger partial charge >= 0.3 is 0 Å². The molecule has 0 spiro atoms. The van der Waals surface area contributed by atoms with Gasteiger partial charge in [-0.15, -0.1) is 35.3 Å². The summed E-state index contributed by atoms with van der Waals surface area (Å²) in [4.78, 5) is 12.4. The normalized spacial score (nSPS) is 14.8. The van der Waals surface area contributed by atoms with E-state index in [1.807, 2.05) is 17.5 Å². The fraction of sp³-hybridized carbons (Fsp3) is 0.391. The monoisotopic (exact) mass is 551 g/mol. The van der Waals surface area contributed by atoms with Crippen molar-refractivity contribution in [2.45, 2.75) is 38.9 Å². The summed E-state index contributed by atoms with van der Waals surface area (Å²) >= 11 is 1.62. The Kier molecular flexibility index (Phi) is 9.35. The van der Waals surface area contributed by atoms with Crippen molar-refractivity contribution in [3.05, 3.63) is 64.9 Å². The van der Waals surface area contributed by atoms with E-state index >= 15 is 0 Å². The largest absolute Gasteiger partial charge is 0.443 e. The van der Waals surface area contributed by atoms with Gasteiger partial charge in [-0.05, 0) is 48.5 Å². The van der Waals surface area contributed by atoms with Crippen LogP contribution in [0.25, 0.3) is 10.8 Å². The van der Waals surface area contributed by atoms with E-state index in [2.05, 4.69) is 49.8 Å². The number of halogens is 1. The van der Waals surface area contributed by atoms with Crippen molar-refractivity contribution >= 4 is 41.3 Å². The third kappa shape index (κ3) is 7.05. The molecule has 3 aromatic rings. The molecule has 8 heteroatoms. The lowest BCUT2D eigenvalue weighted by molar-refractivity contribution is 0.221. The molecule has 166 valence electrons. The zero-order chi connectivity index (χ0) is 20.6. The lowest BCUT2D eigenvalue weighted by Gasteiger charge is -2.26. The fourth-order valence-electron chi connectivity index (χ4n) is 3.62. The molecule has 1 fully saturated rings. The fourth-order valence-corrected chi connectivity index (χ4v) is 4.28. The Morgan fingerprint density at radius 2 is 1.81 bits per heavy atom. The first-order valence-electron chi connectivity index (χ1n) is 10.5. The molecule has 0 bridgehead atoms. The lowest BCUT2D eigenvalue weighted by atomic mass is 10.1. The Balaban J connectivity index is 0.00000272. The number of hydrogen-bond donors (Lipinski definition) is 2. The minimum absolute atomic E-state index is 0. The number of nitrogens with zero attached hydrogens (tertiary/aromatic N) is 3. The second-order valence-electron chi connectivity index (χ2n) is 7.55. The van der Waals surface area contributed by atoms with E-state index in [1.165, 1.54) is 43.5 Å². The molecule has 0 unspecified atom stereocenters. The molecule has 2 N–H and O–H groups in total. The number of benzene rings is 1. The molecule has 1 aliphatic heterocycles. The maximum Gasteiger partial charge on any atom is 0.236 e. The average molecular weight is 551 g/mol. The number of nitrogens with one attached hydrogen (secondary N) is 2.